The lowest BCUT2D eigenvalue weighted by Crippen LogP contribution is -2.19. The Kier molecular flexibility index (Phi) is 4.50. The Morgan fingerprint density at radius 2 is 2.19 bits per heavy atom. The van der Waals surface area contributed by atoms with E-state index in [1.54, 1.807) is 23.6 Å². The molecule has 1 aliphatic rings. The number of thiophene rings is 1. The minimum Gasteiger partial charge on any atom is -0.307 e. The summed E-state index contributed by atoms with van der Waals surface area (Å²) in [7, 11) is 0. The van der Waals surface area contributed by atoms with Crippen LogP contribution < -0.4 is 5.32 Å². The molecule has 0 saturated heterocycles. The summed E-state index contributed by atoms with van der Waals surface area (Å²) in [6.07, 6.45) is 11.3. The highest BCUT2D eigenvalue weighted by Crippen LogP contribution is 2.29. The first-order chi connectivity index (χ1) is 10.3. The molecule has 0 spiro atoms. The van der Waals surface area contributed by atoms with E-state index in [0.29, 0.717) is 6.04 Å². The van der Waals surface area contributed by atoms with E-state index < -0.39 is 0 Å². The van der Waals surface area contributed by atoms with Crippen molar-refractivity contribution in [3.63, 3.8) is 0 Å². The molecule has 3 rings (SSSR count). The van der Waals surface area contributed by atoms with Gasteiger partial charge in [0, 0.05) is 17.0 Å². The van der Waals surface area contributed by atoms with Crippen molar-refractivity contribution in [1.29, 1.82) is 0 Å². The first kappa shape index (κ1) is 14.1. The van der Waals surface area contributed by atoms with E-state index in [1.807, 2.05) is 34.3 Å². The van der Waals surface area contributed by atoms with Crippen molar-refractivity contribution in [3.05, 3.63) is 40.7 Å². The van der Waals surface area contributed by atoms with Crippen LogP contribution in [0.3, 0.4) is 0 Å². The van der Waals surface area contributed by atoms with Gasteiger partial charge in [0.25, 0.3) is 0 Å². The van der Waals surface area contributed by atoms with E-state index in [1.165, 1.54) is 19.3 Å². The molecule has 21 heavy (non-hydrogen) atoms. The average Bonchev–Trinajstić information content (AvgIpc) is 3.17. The monoisotopic (exact) mass is 301 g/mol. The van der Waals surface area contributed by atoms with Crippen LogP contribution in [0.25, 0.3) is 6.08 Å². The summed E-state index contributed by atoms with van der Waals surface area (Å²) in [6, 6.07) is 6.25. The zero-order valence-corrected chi connectivity index (χ0v) is 12.7. The minimum absolute atomic E-state index is 0.110. The third kappa shape index (κ3) is 3.61. The van der Waals surface area contributed by atoms with Crippen molar-refractivity contribution in [1.82, 2.24) is 9.78 Å². The first-order valence-corrected chi connectivity index (χ1v) is 8.27. The molecule has 2 heterocycles. The van der Waals surface area contributed by atoms with Crippen LogP contribution in [0.4, 0.5) is 5.82 Å². The molecule has 5 heteroatoms. The summed E-state index contributed by atoms with van der Waals surface area (Å²) in [5, 5.41) is 9.31. The Bertz CT molecular complexity index is 609. The lowest BCUT2D eigenvalue weighted by Gasteiger charge is -2.23. The summed E-state index contributed by atoms with van der Waals surface area (Å²) in [5.74, 6) is 0.684. The van der Waals surface area contributed by atoms with Crippen LogP contribution in [0.15, 0.2) is 35.9 Å². The largest absolute Gasteiger partial charge is 0.307 e. The van der Waals surface area contributed by atoms with Crippen LogP contribution in [0.1, 0.15) is 43.0 Å². The Morgan fingerprint density at radius 1 is 1.33 bits per heavy atom. The van der Waals surface area contributed by atoms with Gasteiger partial charge in [-0.05, 0) is 30.4 Å². The molecule has 0 aliphatic heterocycles. The normalized spacial score (nSPS) is 16.4. The zero-order chi connectivity index (χ0) is 14.5. The van der Waals surface area contributed by atoms with Crippen LogP contribution in [-0.4, -0.2) is 15.7 Å². The van der Waals surface area contributed by atoms with Gasteiger partial charge in [-0.15, -0.1) is 11.3 Å². The third-order valence-corrected chi connectivity index (χ3v) is 4.62. The summed E-state index contributed by atoms with van der Waals surface area (Å²) in [6.45, 7) is 0. The van der Waals surface area contributed by atoms with Crippen molar-refractivity contribution < 1.29 is 4.79 Å². The van der Waals surface area contributed by atoms with Crippen molar-refractivity contribution in [3.8, 4) is 0 Å². The van der Waals surface area contributed by atoms with E-state index in [-0.39, 0.29) is 5.91 Å². The van der Waals surface area contributed by atoms with E-state index in [2.05, 4.69) is 10.4 Å². The van der Waals surface area contributed by atoms with Gasteiger partial charge in [0.1, 0.15) is 5.82 Å². The SMILES string of the molecule is O=C(C=Cc1cccs1)Nc1ccnn1C1CCCCC1. The number of hydrogen-bond donors (Lipinski definition) is 1. The molecule has 0 bridgehead atoms. The molecule has 0 atom stereocenters. The van der Waals surface area contributed by atoms with Gasteiger partial charge in [0.2, 0.25) is 5.91 Å². The van der Waals surface area contributed by atoms with Crippen molar-refractivity contribution in [2.24, 2.45) is 0 Å². The summed E-state index contributed by atoms with van der Waals surface area (Å²) >= 11 is 1.61. The maximum Gasteiger partial charge on any atom is 0.249 e. The van der Waals surface area contributed by atoms with Gasteiger partial charge in [-0.2, -0.15) is 5.10 Å². The van der Waals surface area contributed by atoms with Crippen LogP contribution >= 0.6 is 11.3 Å². The Hall–Kier alpha value is -1.88. The number of hydrogen-bond acceptors (Lipinski definition) is 3. The highest BCUT2D eigenvalue weighted by Gasteiger charge is 2.18. The van der Waals surface area contributed by atoms with Crippen LogP contribution in [0.5, 0.6) is 0 Å². The molecular weight excluding hydrogens is 282 g/mol. The van der Waals surface area contributed by atoms with E-state index >= 15 is 0 Å². The lowest BCUT2D eigenvalue weighted by molar-refractivity contribution is -0.111. The van der Waals surface area contributed by atoms with Crippen molar-refractivity contribution in [2.75, 3.05) is 5.32 Å². The fourth-order valence-corrected chi connectivity index (χ4v) is 3.36. The second kappa shape index (κ2) is 6.72. The van der Waals surface area contributed by atoms with Gasteiger partial charge in [-0.25, -0.2) is 4.68 Å². The molecule has 2 aromatic rings. The first-order valence-electron chi connectivity index (χ1n) is 7.39. The third-order valence-electron chi connectivity index (χ3n) is 3.78. The van der Waals surface area contributed by atoms with E-state index in [9.17, 15) is 4.79 Å². The number of amides is 1. The second-order valence-corrected chi connectivity index (χ2v) is 6.27. The van der Waals surface area contributed by atoms with E-state index in [0.717, 1.165) is 23.5 Å². The van der Waals surface area contributed by atoms with Gasteiger partial charge in [-0.3, -0.25) is 4.79 Å². The van der Waals surface area contributed by atoms with Gasteiger partial charge in [0.15, 0.2) is 0 Å². The summed E-state index contributed by atoms with van der Waals surface area (Å²) < 4.78 is 1.97. The number of aromatic nitrogens is 2. The second-order valence-electron chi connectivity index (χ2n) is 5.29. The van der Waals surface area contributed by atoms with Gasteiger partial charge in [-0.1, -0.05) is 25.3 Å². The number of nitrogens with zero attached hydrogens (tertiary/aromatic N) is 2. The van der Waals surface area contributed by atoms with Crippen molar-refractivity contribution >= 4 is 29.1 Å². The molecule has 1 N–H and O–H groups in total. The number of rotatable bonds is 4. The summed E-state index contributed by atoms with van der Waals surface area (Å²) in [5.41, 5.74) is 0. The highest BCUT2D eigenvalue weighted by molar-refractivity contribution is 7.10. The Balaban J connectivity index is 1.65. The van der Waals surface area contributed by atoms with Gasteiger partial charge < -0.3 is 5.32 Å². The molecule has 0 radical (unpaired) electrons. The lowest BCUT2D eigenvalue weighted by atomic mass is 9.96. The topological polar surface area (TPSA) is 46.9 Å². The molecule has 0 aromatic carbocycles. The van der Waals surface area contributed by atoms with Crippen LogP contribution in [0, 0.1) is 0 Å². The number of anilines is 1. The molecule has 0 unspecified atom stereocenters. The molecule has 1 fully saturated rings. The quantitative estimate of drug-likeness (QED) is 0.864. The van der Waals surface area contributed by atoms with Gasteiger partial charge in [0.05, 0.1) is 12.2 Å². The number of nitrogens with one attached hydrogen (secondary N) is 1. The smallest absolute Gasteiger partial charge is 0.249 e. The highest BCUT2D eigenvalue weighted by atomic mass is 32.1. The van der Waals surface area contributed by atoms with E-state index in [4.69, 9.17) is 0 Å². The summed E-state index contributed by atoms with van der Waals surface area (Å²) in [4.78, 5) is 13.1. The molecular formula is C16H19N3OS. The Labute approximate surface area is 128 Å². The maximum atomic E-state index is 12.0. The van der Waals surface area contributed by atoms with Crippen LogP contribution in [-0.2, 0) is 4.79 Å². The average molecular weight is 301 g/mol. The molecule has 4 nitrogen and oxygen atoms in total. The predicted molar refractivity (Wildman–Crippen MR) is 86.3 cm³/mol. The fourth-order valence-electron chi connectivity index (χ4n) is 2.74. The Morgan fingerprint density at radius 3 is 2.95 bits per heavy atom. The number of carbonyl (C=O) groups excluding carboxylic acids is 1. The molecule has 110 valence electrons. The number of carbonyl (C=O) groups is 1. The maximum absolute atomic E-state index is 12.0. The van der Waals surface area contributed by atoms with Gasteiger partial charge >= 0.3 is 0 Å². The minimum atomic E-state index is -0.110. The predicted octanol–water partition coefficient (Wildman–Crippen LogP) is 4.10. The molecule has 1 saturated carbocycles. The molecule has 2 aromatic heterocycles. The zero-order valence-electron chi connectivity index (χ0n) is 11.9. The standard InChI is InChI=1S/C16H19N3OS/c20-16(9-8-14-7-4-12-21-14)18-15-10-11-17-19(15)13-5-2-1-3-6-13/h4,7-13H,1-3,5-6H2,(H,18,20). The molecule has 1 aliphatic carbocycles. The fraction of sp³-hybridized carbons (Fsp3) is 0.375. The molecule has 1 amide bonds. The van der Waals surface area contributed by atoms with Crippen molar-refractivity contribution in [2.45, 2.75) is 38.1 Å². The van der Waals surface area contributed by atoms with Crippen LogP contribution in [0.2, 0.25) is 0 Å².